The van der Waals surface area contributed by atoms with Crippen molar-refractivity contribution >= 4 is 5.97 Å². The zero-order valence-corrected chi connectivity index (χ0v) is 6.74. The first kappa shape index (κ1) is 8.27. The Kier molecular flexibility index (Phi) is 2.65. The summed E-state index contributed by atoms with van der Waals surface area (Å²) in [6.07, 6.45) is 2.54. The molecule has 0 aliphatic carbocycles. The standard InChI is InChI=1S/C8H12O3/c1-6(2)5-10-8-4-3-7(9)11-8/h3-4,6,8H,5H2,1-2H3. The molecule has 0 fully saturated rings. The van der Waals surface area contributed by atoms with Gasteiger partial charge in [-0.2, -0.15) is 0 Å². The second-order valence-corrected chi connectivity index (χ2v) is 2.89. The summed E-state index contributed by atoms with van der Waals surface area (Å²) in [5.41, 5.74) is 0. The van der Waals surface area contributed by atoms with Crippen LogP contribution in [0.5, 0.6) is 0 Å². The highest BCUT2D eigenvalue weighted by atomic mass is 16.7. The summed E-state index contributed by atoms with van der Waals surface area (Å²) in [6, 6.07) is 0. The van der Waals surface area contributed by atoms with E-state index in [4.69, 9.17) is 9.47 Å². The Morgan fingerprint density at radius 1 is 1.73 bits per heavy atom. The van der Waals surface area contributed by atoms with E-state index in [1.54, 1.807) is 6.08 Å². The van der Waals surface area contributed by atoms with E-state index in [1.807, 2.05) is 13.8 Å². The first-order valence-corrected chi connectivity index (χ1v) is 3.69. The molecule has 3 nitrogen and oxygen atoms in total. The highest BCUT2D eigenvalue weighted by Crippen LogP contribution is 2.07. The Balaban J connectivity index is 2.19. The van der Waals surface area contributed by atoms with Crippen LogP contribution in [0.1, 0.15) is 13.8 Å². The number of cyclic esters (lactones) is 1. The quantitative estimate of drug-likeness (QED) is 0.574. The molecule has 1 unspecified atom stereocenters. The summed E-state index contributed by atoms with van der Waals surface area (Å²) >= 11 is 0. The second-order valence-electron chi connectivity index (χ2n) is 2.89. The Labute approximate surface area is 66.0 Å². The third kappa shape index (κ3) is 2.72. The summed E-state index contributed by atoms with van der Waals surface area (Å²) in [7, 11) is 0. The highest BCUT2D eigenvalue weighted by molar-refractivity contribution is 5.84. The van der Waals surface area contributed by atoms with Gasteiger partial charge in [0.2, 0.25) is 6.29 Å². The maximum Gasteiger partial charge on any atom is 0.333 e. The summed E-state index contributed by atoms with van der Waals surface area (Å²) in [4.78, 5) is 10.5. The van der Waals surface area contributed by atoms with Crippen molar-refractivity contribution in [3.8, 4) is 0 Å². The van der Waals surface area contributed by atoms with Gasteiger partial charge >= 0.3 is 5.97 Å². The molecule has 1 heterocycles. The van der Waals surface area contributed by atoms with Gasteiger partial charge < -0.3 is 9.47 Å². The van der Waals surface area contributed by atoms with E-state index < -0.39 is 6.29 Å². The number of hydrogen-bond donors (Lipinski definition) is 0. The first-order chi connectivity index (χ1) is 5.18. The van der Waals surface area contributed by atoms with Crippen LogP contribution in [-0.2, 0) is 14.3 Å². The topological polar surface area (TPSA) is 35.5 Å². The van der Waals surface area contributed by atoms with Crippen molar-refractivity contribution in [2.45, 2.75) is 20.1 Å². The van der Waals surface area contributed by atoms with Crippen molar-refractivity contribution in [1.29, 1.82) is 0 Å². The van der Waals surface area contributed by atoms with Gasteiger partial charge in [0.05, 0.1) is 6.61 Å². The number of carbonyl (C=O) groups is 1. The molecule has 62 valence electrons. The molecule has 0 N–H and O–H groups in total. The lowest BCUT2D eigenvalue weighted by Crippen LogP contribution is -2.15. The van der Waals surface area contributed by atoms with Crippen LogP contribution < -0.4 is 0 Å². The van der Waals surface area contributed by atoms with Crippen LogP contribution in [0.4, 0.5) is 0 Å². The van der Waals surface area contributed by atoms with Crippen LogP contribution in [-0.4, -0.2) is 18.9 Å². The normalized spacial score (nSPS) is 22.8. The largest absolute Gasteiger partial charge is 0.429 e. The lowest BCUT2D eigenvalue weighted by atomic mass is 10.2. The van der Waals surface area contributed by atoms with Crippen LogP contribution in [0.2, 0.25) is 0 Å². The van der Waals surface area contributed by atoms with Gasteiger partial charge in [-0.25, -0.2) is 4.79 Å². The molecule has 1 aliphatic rings. The van der Waals surface area contributed by atoms with E-state index in [0.717, 1.165) is 0 Å². The average Bonchev–Trinajstić information content (AvgIpc) is 2.31. The molecule has 1 rings (SSSR count). The number of hydrogen-bond acceptors (Lipinski definition) is 3. The molecule has 0 saturated heterocycles. The minimum atomic E-state index is -0.454. The molecular formula is C8H12O3. The average molecular weight is 156 g/mol. The molecule has 0 aromatic rings. The van der Waals surface area contributed by atoms with Gasteiger partial charge in [0.25, 0.3) is 0 Å². The van der Waals surface area contributed by atoms with Crippen molar-refractivity contribution in [1.82, 2.24) is 0 Å². The zero-order chi connectivity index (χ0) is 8.27. The van der Waals surface area contributed by atoms with Crippen LogP contribution in [0.15, 0.2) is 12.2 Å². The minimum Gasteiger partial charge on any atom is -0.429 e. The molecule has 1 atom stereocenters. The van der Waals surface area contributed by atoms with Crippen LogP contribution in [0.25, 0.3) is 0 Å². The van der Waals surface area contributed by atoms with Crippen molar-refractivity contribution in [2.75, 3.05) is 6.61 Å². The second kappa shape index (κ2) is 3.53. The van der Waals surface area contributed by atoms with Crippen molar-refractivity contribution in [2.24, 2.45) is 5.92 Å². The fourth-order valence-corrected chi connectivity index (χ4v) is 0.727. The van der Waals surface area contributed by atoms with Gasteiger partial charge in [-0.3, -0.25) is 0 Å². The van der Waals surface area contributed by atoms with Crippen LogP contribution >= 0.6 is 0 Å². The Bertz CT molecular complexity index is 172. The fourth-order valence-electron chi connectivity index (χ4n) is 0.727. The smallest absolute Gasteiger partial charge is 0.333 e. The predicted molar refractivity (Wildman–Crippen MR) is 39.8 cm³/mol. The van der Waals surface area contributed by atoms with Crippen LogP contribution in [0.3, 0.4) is 0 Å². The summed E-state index contributed by atoms with van der Waals surface area (Å²) in [5.74, 6) is 0.140. The SMILES string of the molecule is CC(C)COC1C=CC(=O)O1. The summed E-state index contributed by atoms with van der Waals surface area (Å²) in [6.45, 7) is 4.70. The zero-order valence-electron chi connectivity index (χ0n) is 6.74. The van der Waals surface area contributed by atoms with Crippen molar-refractivity contribution in [3.05, 3.63) is 12.2 Å². The summed E-state index contributed by atoms with van der Waals surface area (Å²) < 4.78 is 9.94. The molecule has 0 radical (unpaired) electrons. The predicted octanol–water partition coefficient (Wildman–Crippen LogP) is 1.10. The van der Waals surface area contributed by atoms with Crippen LogP contribution in [0, 0.1) is 5.92 Å². The fraction of sp³-hybridized carbons (Fsp3) is 0.625. The van der Waals surface area contributed by atoms with Gasteiger partial charge in [-0.05, 0) is 12.0 Å². The van der Waals surface area contributed by atoms with E-state index in [9.17, 15) is 4.79 Å². The number of carbonyl (C=O) groups excluding carboxylic acids is 1. The van der Waals surface area contributed by atoms with Crippen molar-refractivity contribution < 1.29 is 14.3 Å². The van der Waals surface area contributed by atoms with Gasteiger partial charge in [0.15, 0.2) is 0 Å². The molecular weight excluding hydrogens is 144 g/mol. The molecule has 1 aliphatic heterocycles. The molecule has 0 saturated carbocycles. The molecule has 0 aromatic carbocycles. The number of rotatable bonds is 3. The van der Waals surface area contributed by atoms with Crippen molar-refractivity contribution in [3.63, 3.8) is 0 Å². The highest BCUT2D eigenvalue weighted by Gasteiger charge is 2.16. The van der Waals surface area contributed by atoms with Gasteiger partial charge in [-0.1, -0.05) is 13.8 Å². The van der Waals surface area contributed by atoms with Gasteiger partial charge in [0, 0.05) is 6.08 Å². The molecule has 11 heavy (non-hydrogen) atoms. The Hall–Kier alpha value is -0.830. The van der Waals surface area contributed by atoms with E-state index >= 15 is 0 Å². The van der Waals surface area contributed by atoms with Gasteiger partial charge in [-0.15, -0.1) is 0 Å². The number of esters is 1. The lowest BCUT2D eigenvalue weighted by molar-refractivity contribution is -0.159. The third-order valence-electron chi connectivity index (χ3n) is 1.22. The van der Waals surface area contributed by atoms with Gasteiger partial charge in [0.1, 0.15) is 0 Å². The first-order valence-electron chi connectivity index (χ1n) is 3.69. The van der Waals surface area contributed by atoms with E-state index in [0.29, 0.717) is 12.5 Å². The monoisotopic (exact) mass is 156 g/mol. The molecule has 0 amide bonds. The van der Waals surface area contributed by atoms with E-state index in [2.05, 4.69) is 0 Å². The lowest BCUT2D eigenvalue weighted by Gasteiger charge is -2.11. The Morgan fingerprint density at radius 3 is 2.91 bits per heavy atom. The Morgan fingerprint density at radius 2 is 2.45 bits per heavy atom. The van der Waals surface area contributed by atoms with E-state index in [1.165, 1.54) is 6.08 Å². The number of ether oxygens (including phenoxy) is 2. The minimum absolute atomic E-state index is 0.321. The third-order valence-corrected chi connectivity index (χ3v) is 1.22. The maximum absolute atomic E-state index is 10.5. The molecule has 0 aromatic heterocycles. The molecule has 3 heteroatoms. The molecule has 0 bridgehead atoms. The molecule has 0 spiro atoms. The van der Waals surface area contributed by atoms with E-state index in [-0.39, 0.29) is 5.97 Å². The maximum atomic E-state index is 10.5. The summed E-state index contributed by atoms with van der Waals surface area (Å²) in [5, 5.41) is 0.